The Morgan fingerprint density at radius 3 is 2.39 bits per heavy atom. The van der Waals surface area contributed by atoms with Crippen LogP contribution in [0.1, 0.15) is 111 Å². The molecular weight excluding hydrogens is 618 g/mol. The molecule has 1 aromatic carbocycles. The summed E-state index contributed by atoms with van der Waals surface area (Å²) in [4.78, 5) is 50.0. The van der Waals surface area contributed by atoms with Gasteiger partial charge in [-0.1, -0.05) is 24.1 Å². The Morgan fingerprint density at radius 1 is 0.980 bits per heavy atom. The molecule has 4 aromatic rings. The highest BCUT2D eigenvalue weighted by Gasteiger charge is 2.31. The van der Waals surface area contributed by atoms with Crippen molar-refractivity contribution < 1.29 is 23.9 Å². The molecule has 1 aliphatic heterocycles. The van der Waals surface area contributed by atoms with Crippen molar-refractivity contribution in [1.29, 1.82) is 0 Å². The van der Waals surface area contributed by atoms with Crippen LogP contribution in [0, 0.1) is 11.8 Å². The van der Waals surface area contributed by atoms with Gasteiger partial charge in [0.15, 0.2) is 0 Å². The molecule has 1 fully saturated rings. The summed E-state index contributed by atoms with van der Waals surface area (Å²) >= 11 is 0. The van der Waals surface area contributed by atoms with E-state index in [0.29, 0.717) is 29.0 Å². The number of hydrogen-bond acceptors (Lipinski definition) is 8. The molecule has 0 aliphatic carbocycles. The number of amides is 1. The van der Waals surface area contributed by atoms with E-state index in [1.807, 2.05) is 59.7 Å². The lowest BCUT2D eigenvalue weighted by molar-refractivity contribution is 0.00623. The van der Waals surface area contributed by atoms with E-state index in [4.69, 9.17) is 9.47 Å². The smallest absolute Gasteiger partial charge is 0.419 e. The summed E-state index contributed by atoms with van der Waals surface area (Å²) in [5, 5.41) is 3.69. The first kappa shape index (κ1) is 35.3. The van der Waals surface area contributed by atoms with Crippen molar-refractivity contribution >= 4 is 34.7 Å². The van der Waals surface area contributed by atoms with Crippen LogP contribution in [0.4, 0.5) is 10.6 Å². The molecule has 5 rings (SSSR count). The van der Waals surface area contributed by atoms with Crippen molar-refractivity contribution in [3.63, 3.8) is 0 Å². The zero-order valence-corrected chi connectivity index (χ0v) is 29.4. The average Bonchev–Trinajstić information content (AvgIpc) is 3.62. The second kappa shape index (κ2) is 14.6. The largest absolute Gasteiger partial charge is 0.455 e. The van der Waals surface area contributed by atoms with E-state index in [9.17, 15) is 14.4 Å². The fourth-order valence-corrected chi connectivity index (χ4v) is 5.73. The van der Waals surface area contributed by atoms with Gasteiger partial charge in [0.25, 0.3) is 5.91 Å². The van der Waals surface area contributed by atoms with Crippen molar-refractivity contribution in [3.8, 4) is 11.8 Å². The molecule has 256 valence electrons. The van der Waals surface area contributed by atoms with Crippen LogP contribution in [0.3, 0.4) is 0 Å². The van der Waals surface area contributed by atoms with E-state index in [1.165, 1.54) is 0 Å². The number of fused-ring (bicyclic) bond motifs is 1. The summed E-state index contributed by atoms with van der Waals surface area (Å²) in [6.07, 6.45) is 5.49. The van der Waals surface area contributed by atoms with E-state index in [0.717, 1.165) is 48.9 Å². The minimum Gasteiger partial charge on any atom is -0.455 e. The number of hydrogen-bond donors (Lipinski definition) is 1. The highest BCUT2D eigenvalue weighted by Crippen LogP contribution is 2.35. The lowest BCUT2D eigenvalue weighted by atomic mass is 10.1. The topological polar surface area (TPSA) is 116 Å². The number of nitrogens with one attached hydrogen (secondary N) is 1. The minimum absolute atomic E-state index is 0.0865. The molecule has 1 amide bonds. The van der Waals surface area contributed by atoms with Crippen molar-refractivity contribution in [2.45, 2.75) is 90.9 Å². The highest BCUT2D eigenvalue weighted by atomic mass is 16.6. The molecule has 4 heterocycles. The first-order valence-electron chi connectivity index (χ1n) is 16.7. The van der Waals surface area contributed by atoms with Crippen molar-refractivity contribution in [3.05, 3.63) is 89.0 Å². The van der Waals surface area contributed by atoms with Crippen molar-refractivity contribution in [2.75, 3.05) is 18.9 Å². The maximum atomic E-state index is 13.4. The van der Waals surface area contributed by atoms with Crippen LogP contribution in [0.5, 0.6) is 0 Å². The number of unbranched alkanes of at least 4 members (excludes halogenated alkanes) is 1. The number of ether oxygens (including phenoxy) is 2. The normalized spacial score (nSPS) is 15.0. The van der Waals surface area contributed by atoms with E-state index >= 15 is 0 Å². The summed E-state index contributed by atoms with van der Waals surface area (Å²) < 4.78 is 12.8. The molecule has 1 N–H and O–H groups in total. The Balaban J connectivity index is 1.21. The number of aromatic nitrogens is 3. The number of pyridine rings is 2. The zero-order chi connectivity index (χ0) is 35.3. The Bertz CT molecular complexity index is 1900. The number of aryl methyl sites for hydroxylation is 1. The maximum Gasteiger partial charge on any atom is 0.419 e. The summed E-state index contributed by atoms with van der Waals surface area (Å²) in [5.74, 6) is 5.74. The third-order valence-electron chi connectivity index (χ3n) is 7.95. The minimum atomic E-state index is -0.662. The molecule has 10 heteroatoms. The monoisotopic (exact) mass is 663 g/mol. The van der Waals surface area contributed by atoms with E-state index in [1.54, 1.807) is 47.2 Å². The van der Waals surface area contributed by atoms with Crippen LogP contribution < -0.4 is 5.32 Å². The molecule has 1 atom stereocenters. The Morgan fingerprint density at radius 2 is 1.71 bits per heavy atom. The van der Waals surface area contributed by atoms with Crippen LogP contribution >= 0.6 is 0 Å². The fourth-order valence-electron chi connectivity index (χ4n) is 5.73. The standard InChI is InChI=1S/C39H45N5O5/c1-38(2,3)48-36(46)30-16-11-15-29(41-30)14-10-8-9-13-26-18-20-27(21-19-26)35(45)42-34-24-32-28(25-40-34)23-33(31-17-12-22-43(31)7)44(32)37(47)49-39(4,5)6/h11,15-16,18-21,23-25,31H,8-9,12-13,17,22H2,1-7H3,(H,40,42,45)/t31-/m1/s1. The third kappa shape index (κ3) is 9.33. The number of nitrogens with zero attached hydrogens (tertiary/aromatic N) is 4. The third-order valence-corrected chi connectivity index (χ3v) is 7.95. The number of carbonyl (C=O) groups is 3. The van der Waals surface area contributed by atoms with E-state index in [-0.39, 0.29) is 17.6 Å². The second-order valence-corrected chi connectivity index (χ2v) is 14.4. The lowest BCUT2D eigenvalue weighted by Gasteiger charge is -2.24. The van der Waals surface area contributed by atoms with Gasteiger partial charge >= 0.3 is 12.1 Å². The SMILES string of the molecule is CN1CCC[C@@H]1c1cc2cnc(NC(=O)c3ccc(CCCC#Cc4cccc(C(=O)OC(C)(C)C)n4)cc3)cc2n1C(=O)OC(C)(C)C. The number of carbonyl (C=O) groups excluding carboxylic acids is 3. The van der Waals surface area contributed by atoms with Crippen LogP contribution in [-0.2, 0) is 15.9 Å². The first-order valence-corrected chi connectivity index (χ1v) is 16.7. The van der Waals surface area contributed by atoms with Crippen LogP contribution in [0.2, 0.25) is 0 Å². The van der Waals surface area contributed by atoms with Gasteiger partial charge in [-0.3, -0.25) is 9.69 Å². The molecule has 49 heavy (non-hydrogen) atoms. The summed E-state index contributed by atoms with van der Waals surface area (Å²) in [7, 11) is 2.06. The molecule has 1 aliphatic rings. The van der Waals surface area contributed by atoms with Gasteiger partial charge in [-0.25, -0.2) is 24.1 Å². The highest BCUT2D eigenvalue weighted by molar-refractivity contribution is 6.04. The fraction of sp³-hybridized carbons (Fsp3) is 0.410. The molecule has 1 saturated heterocycles. The molecule has 0 bridgehead atoms. The summed E-state index contributed by atoms with van der Waals surface area (Å²) in [6.45, 7) is 11.9. The number of likely N-dealkylation sites (tertiary alicyclic amines) is 1. The number of benzene rings is 1. The van der Waals surface area contributed by atoms with E-state index in [2.05, 4.69) is 39.1 Å². The predicted molar refractivity (Wildman–Crippen MR) is 190 cm³/mol. The lowest BCUT2D eigenvalue weighted by Crippen LogP contribution is -2.30. The Kier molecular flexibility index (Phi) is 10.5. The molecular formula is C39H45N5O5. The van der Waals surface area contributed by atoms with Gasteiger partial charge in [0.05, 0.1) is 11.6 Å². The van der Waals surface area contributed by atoms with Gasteiger partial charge in [0.1, 0.15) is 28.4 Å². The summed E-state index contributed by atoms with van der Waals surface area (Å²) in [6, 6.07) is 16.4. The van der Waals surface area contributed by atoms with Crippen molar-refractivity contribution in [1.82, 2.24) is 19.4 Å². The molecule has 0 spiro atoms. The average molecular weight is 664 g/mol. The van der Waals surface area contributed by atoms with Crippen LogP contribution in [0.25, 0.3) is 10.9 Å². The van der Waals surface area contributed by atoms with Gasteiger partial charge in [-0.15, -0.1) is 0 Å². The number of esters is 1. The van der Waals surface area contributed by atoms with Gasteiger partial charge in [0, 0.05) is 35.3 Å². The van der Waals surface area contributed by atoms with Crippen LogP contribution in [-0.4, -0.2) is 62.2 Å². The molecule has 0 saturated carbocycles. The number of anilines is 1. The molecule has 0 unspecified atom stereocenters. The van der Waals surface area contributed by atoms with Gasteiger partial charge in [-0.2, -0.15) is 0 Å². The Hall–Kier alpha value is -5.01. The molecule has 0 radical (unpaired) electrons. The second-order valence-electron chi connectivity index (χ2n) is 14.4. The maximum absolute atomic E-state index is 13.4. The van der Waals surface area contributed by atoms with Gasteiger partial charge in [0.2, 0.25) is 0 Å². The molecule has 3 aromatic heterocycles. The zero-order valence-electron chi connectivity index (χ0n) is 29.4. The van der Waals surface area contributed by atoms with Crippen LogP contribution in [0.15, 0.2) is 60.8 Å². The summed E-state index contributed by atoms with van der Waals surface area (Å²) in [5.41, 5.74) is 2.58. The quantitative estimate of drug-likeness (QED) is 0.122. The molecule has 10 nitrogen and oxygen atoms in total. The van der Waals surface area contributed by atoms with Crippen molar-refractivity contribution in [2.24, 2.45) is 0 Å². The van der Waals surface area contributed by atoms with Gasteiger partial charge in [-0.05, 0) is 123 Å². The Labute approximate surface area is 288 Å². The van der Waals surface area contributed by atoms with Gasteiger partial charge < -0.3 is 14.8 Å². The number of rotatable bonds is 7. The predicted octanol–water partition coefficient (Wildman–Crippen LogP) is 7.56. The van der Waals surface area contributed by atoms with E-state index < -0.39 is 23.3 Å². The first-order chi connectivity index (χ1) is 23.2.